The van der Waals surface area contributed by atoms with Gasteiger partial charge >= 0.3 is 5.97 Å². The van der Waals surface area contributed by atoms with Gasteiger partial charge in [-0.25, -0.2) is 4.79 Å². The molecule has 0 rings (SSSR count). The molecule has 0 aliphatic heterocycles. The quantitative estimate of drug-likeness (QED) is 0.250. The fraction of sp³-hybridized carbons (Fsp3) is 0.143. The number of carboxylic acid groups (broad SMARTS) is 1. The topological polar surface area (TPSA) is 94.8 Å². The maximum Gasteiger partial charge on any atom is 0.376 e. The van der Waals surface area contributed by atoms with Gasteiger partial charge in [-0.15, -0.1) is 0 Å². The second-order valence-corrected chi connectivity index (χ2v) is 2.01. The zero-order valence-corrected chi connectivity index (χ0v) is 6.31. The van der Waals surface area contributed by atoms with Crippen molar-refractivity contribution in [3.8, 4) is 0 Å². The molecule has 12 heavy (non-hydrogen) atoms. The van der Waals surface area contributed by atoms with Gasteiger partial charge in [-0.05, 0) is 6.92 Å². The molecule has 0 bridgehead atoms. The van der Waals surface area contributed by atoms with Crippen molar-refractivity contribution in [2.75, 3.05) is 0 Å². The number of ketones is 1. The molecule has 0 atom stereocenters. The maximum atomic E-state index is 10.4. The van der Waals surface area contributed by atoms with Crippen LogP contribution in [0, 0.1) is 0 Å². The first-order valence-corrected chi connectivity index (χ1v) is 2.98. The molecule has 0 saturated carbocycles. The molecule has 5 nitrogen and oxygen atoms in total. The van der Waals surface area contributed by atoms with E-state index in [1.54, 1.807) is 0 Å². The second-order valence-electron chi connectivity index (χ2n) is 2.01. The van der Waals surface area contributed by atoms with E-state index in [-0.39, 0.29) is 5.57 Å². The Morgan fingerprint density at radius 1 is 1.25 bits per heavy atom. The molecule has 0 aromatic carbocycles. The van der Waals surface area contributed by atoms with Crippen LogP contribution < -0.4 is 0 Å². The summed E-state index contributed by atoms with van der Waals surface area (Å²) in [6.07, 6.45) is 1.09. The lowest BCUT2D eigenvalue weighted by molar-refractivity contribution is -0.146. The van der Waals surface area contributed by atoms with E-state index in [0.29, 0.717) is 12.3 Å². The van der Waals surface area contributed by atoms with Gasteiger partial charge in [-0.3, -0.25) is 4.79 Å². The third-order valence-electron chi connectivity index (χ3n) is 1.08. The molecule has 0 unspecified atom stereocenters. The number of rotatable bonds is 3. The Hall–Kier alpha value is -1.78. The minimum atomic E-state index is -1.66. The molecular formula is C7H8O5. The summed E-state index contributed by atoms with van der Waals surface area (Å²) >= 11 is 0. The van der Waals surface area contributed by atoms with Crippen molar-refractivity contribution in [1.29, 1.82) is 0 Å². The molecule has 0 aromatic heterocycles. The summed E-state index contributed by atoms with van der Waals surface area (Å²) in [6, 6.07) is 0. The van der Waals surface area contributed by atoms with Crippen molar-refractivity contribution in [1.82, 2.24) is 0 Å². The largest absolute Gasteiger partial charge is 0.515 e. The standard InChI is InChI=1S/C7H8O5/c1-4(3-8)5(9)2-6(10)7(11)12/h2-3,8-9H,1H3,(H,11,12). The van der Waals surface area contributed by atoms with Crippen LogP contribution in [0.1, 0.15) is 6.92 Å². The van der Waals surface area contributed by atoms with E-state index in [2.05, 4.69) is 0 Å². The van der Waals surface area contributed by atoms with Gasteiger partial charge in [0.15, 0.2) is 0 Å². The van der Waals surface area contributed by atoms with Gasteiger partial charge in [-0.2, -0.15) is 0 Å². The van der Waals surface area contributed by atoms with Crippen molar-refractivity contribution in [3.05, 3.63) is 23.7 Å². The number of allylic oxidation sites excluding steroid dienone is 1. The number of carboxylic acids is 1. The van der Waals surface area contributed by atoms with Crippen LogP contribution >= 0.6 is 0 Å². The smallest absolute Gasteiger partial charge is 0.376 e. The molecule has 0 fully saturated rings. The predicted molar refractivity (Wildman–Crippen MR) is 39.7 cm³/mol. The normalized spacial score (nSPS) is 12.8. The van der Waals surface area contributed by atoms with E-state index in [0.717, 1.165) is 0 Å². The lowest BCUT2D eigenvalue weighted by Gasteiger charge is -1.94. The number of hydrogen-bond acceptors (Lipinski definition) is 4. The fourth-order valence-corrected chi connectivity index (χ4v) is 0.366. The number of carbonyl (C=O) groups excluding carboxylic acids is 1. The van der Waals surface area contributed by atoms with Crippen LogP contribution in [0.15, 0.2) is 23.7 Å². The van der Waals surface area contributed by atoms with E-state index in [9.17, 15) is 9.59 Å². The Bertz CT molecular complexity index is 261. The molecule has 0 heterocycles. The molecule has 0 aromatic rings. The molecule has 0 aliphatic rings. The number of aliphatic hydroxyl groups excluding tert-OH is 2. The number of aliphatic hydroxyl groups is 2. The summed E-state index contributed by atoms with van der Waals surface area (Å²) in [5.74, 6) is -3.47. The first-order valence-electron chi connectivity index (χ1n) is 2.98. The molecular weight excluding hydrogens is 164 g/mol. The van der Waals surface area contributed by atoms with Crippen molar-refractivity contribution >= 4 is 11.8 Å². The highest BCUT2D eigenvalue weighted by Gasteiger charge is 2.09. The highest BCUT2D eigenvalue weighted by atomic mass is 16.4. The van der Waals surface area contributed by atoms with Crippen LogP contribution in [0.25, 0.3) is 0 Å². The van der Waals surface area contributed by atoms with E-state index >= 15 is 0 Å². The Morgan fingerprint density at radius 3 is 2.08 bits per heavy atom. The number of hydrogen-bond donors (Lipinski definition) is 3. The zero-order valence-electron chi connectivity index (χ0n) is 6.31. The Balaban J connectivity index is 4.58. The third-order valence-corrected chi connectivity index (χ3v) is 1.08. The molecule has 5 heteroatoms. The second kappa shape index (κ2) is 4.17. The monoisotopic (exact) mass is 172 g/mol. The molecule has 0 amide bonds. The molecule has 66 valence electrons. The predicted octanol–water partition coefficient (Wildman–Crippen LogP) is 0.544. The average Bonchev–Trinajstić information content (AvgIpc) is 2.02. The van der Waals surface area contributed by atoms with E-state index in [4.69, 9.17) is 15.3 Å². The Morgan fingerprint density at radius 2 is 1.75 bits per heavy atom. The van der Waals surface area contributed by atoms with E-state index in [1.165, 1.54) is 6.92 Å². The summed E-state index contributed by atoms with van der Waals surface area (Å²) in [5, 5.41) is 25.3. The minimum Gasteiger partial charge on any atom is -0.515 e. The zero-order chi connectivity index (χ0) is 9.72. The maximum absolute atomic E-state index is 10.4. The lowest BCUT2D eigenvalue weighted by Crippen LogP contribution is -2.09. The summed E-state index contributed by atoms with van der Waals surface area (Å²) < 4.78 is 0. The van der Waals surface area contributed by atoms with Gasteiger partial charge in [0.2, 0.25) is 0 Å². The van der Waals surface area contributed by atoms with Gasteiger partial charge < -0.3 is 15.3 Å². The van der Waals surface area contributed by atoms with Crippen molar-refractivity contribution in [2.45, 2.75) is 6.92 Å². The summed E-state index contributed by atoms with van der Waals surface area (Å²) in [6.45, 7) is 1.32. The van der Waals surface area contributed by atoms with Gasteiger partial charge in [-0.1, -0.05) is 0 Å². The van der Waals surface area contributed by atoms with Crippen LogP contribution in [-0.2, 0) is 9.59 Å². The van der Waals surface area contributed by atoms with Crippen LogP contribution in [0.2, 0.25) is 0 Å². The molecule has 0 radical (unpaired) electrons. The van der Waals surface area contributed by atoms with Crippen LogP contribution in [0.5, 0.6) is 0 Å². The molecule has 3 N–H and O–H groups in total. The molecule has 0 aliphatic carbocycles. The summed E-state index contributed by atoms with van der Waals surface area (Å²) in [7, 11) is 0. The van der Waals surface area contributed by atoms with Gasteiger partial charge in [0.25, 0.3) is 5.78 Å². The summed E-state index contributed by atoms with van der Waals surface area (Å²) in [5.41, 5.74) is 0.0181. The van der Waals surface area contributed by atoms with Crippen molar-refractivity contribution in [2.24, 2.45) is 0 Å². The Labute approximate surface area is 68.3 Å². The number of aliphatic carboxylic acids is 1. The average molecular weight is 172 g/mol. The first-order chi connectivity index (χ1) is 5.49. The van der Waals surface area contributed by atoms with Crippen molar-refractivity contribution in [3.63, 3.8) is 0 Å². The Kier molecular flexibility index (Phi) is 3.55. The molecule has 0 spiro atoms. The fourth-order valence-electron chi connectivity index (χ4n) is 0.366. The van der Waals surface area contributed by atoms with E-state index in [1.807, 2.05) is 0 Å². The van der Waals surface area contributed by atoms with Crippen LogP contribution in [-0.4, -0.2) is 27.1 Å². The van der Waals surface area contributed by atoms with Gasteiger partial charge in [0, 0.05) is 11.6 Å². The van der Waals surface area contributed by atoms with Crippen molar-refractivity contribution < 1.29 is 24.9 Å². The van der Waals surface area contributed by atoms with Gasteiger partial charge in [0.05, 0.1) is 6.26 Å². The van der Waals surface area contributed by atoms with E-state index < -0.39 is 17.5 Å². The van der Waals surface area contributed by atoms with Gasteiger partial charge in [0.1, 0.15) is 5.76 Å². The number of carbonyl (C=O) groups is 2. The van der Waals surface area contributed by atoms with Crippen LogP contribution in [0.4, 0.5) is 0 Å². The van der Waals surface area contributed by atoms with Crippen LogP contribution in [0.3, 0.4) is 0 Å². The lowest BCUT2D eigenvalue weighted by atomic mass is 10.2. The highest BCUT2D eigenvalue weighted by molar-refractivity contribution is 6.37. The summed E-state index contributed by atoms with van der Waals surface area (Å²) in [4.78, 5) is 20.4. The SMILES string of the molecule is CC(=CO)C(O)=CC(=O)C(=O)O. The third kappa shape index (κ3) is 2.87. The molecule has 0 saturated heterocycles. The first kappa shape index (κ1) is 10.2. The minimum absolute atomic E-state index is 0.0181. The highest BCUT2D eigenvalue weighted by Crippen LogP contribution is 2.03.